The highest BCUT2D eigenvalue weighted by Gasteiger charge is 2.18. The normalized spacial score (nSPS) is 16.7. The van der Waals surface area contributed by atoms with Crippen LogP contribution in [-0.4, -0.2) is 25.6 Å². The summed E-state index contributed by atoms with van der Waals surface area (Å²) in [6.07, 6.45) is 2.24. The highest BCUT2D eigenvalue weighted by atomic mass is 16.5. The van der Waals surface area contributed by atoms with E-state index < -0.39 is 0 Å². The molecule has 25 heavy (non-hydrogen) atoms. The highest BCUT2D eigenvalue weighted by Crippen LogP contribution is 2.24. The number of hydrogen-bond acceptors (Lipinski definition) is 3. The molecule has 1 N–H and O–H groups in total. The summed E-state index contributed by atoms with van der Waals surface area (Å²) in [5, 5.41) is 2.88. The lowest BCUT2D eigenvalue weighted by atomic mass is 10.2. The Morgan fingerprint density at radius 2 is 1.88 bits per heavy atom. The van der Waals surface area contributed by atoms with Gasteiger partial charge in [0, 0.05) is 24.5 Å². The maximum absolute atomic E-state index is 12.0. The Kier molecular flexibility index (Phi) is 5.59. The molecule has 0 saturated carbocycles. The van der Waals surface area contributed by atoms with Crippen LogP contribution in [-0.2, 0) is 11.2 Å². The third kappa shape index (κ3) is 4.75. The minimum absolute atomic E-state index is 0.0108. The zero-order chi connectivity index (χ0) is 17.6. The van der Waals surface area contributed by atoms with Crippen molar-refractivity contribution < 1.29 is 9.53 Å². The molecule has 1 amide bonds. The Morgan fingerprint density at radius 1 is 1.16 bits per heavy atom. The Balaban J connectivity index is 1.48. The molecule has 1 aliphatic heterocycles. The smallest absolute Gasteiger partial charge is 0.262 e. The van der Waals surface area contributed by atoms with E-state index in [1.54, 1.807) is 0 Å². The predicted molar refractivity (Wildman–Crippen MR) is 102 cm³/mol. The monoisotopic (exact) mass is 338 g/mol. The number of nitrogens with one attached hydrogen (secondary N) is 1. The third-order valence-electron chi connectivity index (χ3n) is 4.64. The van der Waals surface area contributed by atoms with Crippen LogP contribution in [0.25, 0.3) is 0 Å². The number of carbonyl (C=O) groups is 1. The number of anilines is 2. The van der Waals surface area contributed by atoms with E-state index in [0.29, 0.717) is 5.75 Å². The number of amides is 1. The molecule has 2 aromatic carbocycles. The molecule has 4 heteroatoms. The summed E-state index contributed by atoms with van der Waals surface area (Å²) in [7, 11) is 0. The van der Waals surface area contributed by atoms with Gasteiger partial charge in [0.25, 0.3) is 5.91 Å². The molecule has 132 valence electrons. The second kappa shape index (κ2) is 8.06. The van der Waals surface area contributed by atoms with Crippen molar-refractivity contribution in [1.82, 2.24) is 0 Å². The quantitative estimate of drug-likeness (QED) is 0.862. The van der Waals surface area contributed by atoms with Crippen LogP contribution in [0.2, 0.25) is 0 Å². The first-order valence-electron chi connectivity index (χ1n) is 9.00. The molecule has 0 aliphatic carbocycles. The van der Waals surface area contributed by atoms with E-state index in [0.717, 1.165) is 31.1 Å². The van der Waals surface area contributed by atoms with Gasteiger partial charge in [-0.05, 0) is 60.7 Å². The van der Waals surface area contributed by atoms with Gasteiger partial charge in [-0.1, -0.05) is 26.0 Å². The van der Waals surface area contributed by atoms with Gasteiger partial charge in [-0.2, -0.15) is 0 Å². The lowest BCUT2D eigenvalue weighted by Gasteiger charge is -2.18. The number of hydrogen-bond donors (Lipinski definition) is 1. The van der Waals surface area contributed by atoms with Crippen molar-refractivity contribution >= 4 is 17.3 Å². The molecule has 1 atom stereocenters. The predicted octanol–water partition coefficient (Wildman–Crippen LogP) is 4.11. The van der Waals surface area contributed by atoms with Crippen molar-refractivity contribution in [1.29, 1.82) is 0 Å². The summed E-state index contributed by atoms with van der Waals surface area (Å²) in [5.74, 6) is 1.32. The molecule has 0 radical (unpaired) electrons. The fraction of sp³-hybridized carbons (Fsp3) is 0.381. The summed E-state index contributed by atoms with van der Waals surface area (Å²) in [6.45, 7) is 6.62. The van der Waals surface area contributed by atoms with Crippen molar-refractivity contribution in [2.75, 3.05) is 29.9 Å². The Morgan fingerprint density at radius 3 is 2.48 bits per heavy atom. The fourth-order valence-electron chi connectivity index (χ4n) is 3.09. The molecule has 0 bridgehead atoms. The second-order valence-corrected chi connectivity index (χ2v) is 6.72. The molecule has 0 aromatic heterocycles. The maximum Gasteiger partial charge on any atom is 0.262 e. The molecular formula is C21H26N2O2. The molecule has 3 rings (SSSR count). The molecule has 4 nitrogen and oxygen atoms in total. The van der Waals surface area contributed by atoms with Crippen molar-refractivity contribution in [2.24, 2.45) is 5.92 Å². The third-order valence-corrected chi connectivity index (χ3v) is 4.64. The van der Waals surface area contributed by atoms with Crippen LogP contribution in [0, 0.1) is 5.92 Å². The van der Waals surface area contributed by atoms with Gasteiger partial charge in [0.05, 0.1) is 0 Å². The zero-order valence-corrected chi connectivity index (χ0v) is 15.0. The average molecular weight is 338 g/mol. The van der Waals surface area contributed by atoms with Gasteiger partial charge in [0.15, 0.2) is 6.61 Å². The number of aryl methyl sites for hydroxylation is 1. The van der Waals surface area contributed by atoms with E-state index in [1.165, 1.54) is 17.7 Å². The molecule has 1 heterocycles. The minimum atomic E-state index is -0.151. The molecule has 1 saturated heterocycles. The number of ether oxygens (including phenoxy) is 1. The van der Waals surface area contributed by atoms with E-state index in [9.17, 15) is 4.79 Å². The summed E-state index contributed by atoms with van der Waals surface area (Å²) >= 11 is 0. The highest BCUT2D eigenvalue weighted by molar-refractivity contribution is 5.92. The van der Waals surface area contributed by atoms with Crippen LogP contribution >= 0.6 is 0 Å². The van der Waals surface area contributed by atoms with Crippen molar-refractivity contribution in [3.05, 3.63) is 54.1 Å². The molecule has 2 aromatic rings. The SMILES string of the molecule is CCc1ccc(OCC(=O)Nc2ccc(N3CCC(C)C3)cc2)cc1. The van der Waals surface area contributed by atoms with Crippen LogP contribution in [0.4, 0.5) is 11.4 Å². The number of rotatable bonds is 6. The summed E-state index contributed by atoms with van der Waals surface area (Å²) < 4.78 is 5.54. The molecule has 1 fully saturated rings. The molecular weight excluding hydrogens is 312 g/mol. The van der Waals surface area contributed by atoms with Crippen LogP contribution in [0.15, 0.2) is 48.5 Å². The Labute approximate surface area is 149 Å². The van der Waals surface area contributed by atoms with Gasteiger partial charge in [-0.25, -0.2) is 0 Å². The minimum Gasteiger partial charge on any atom is -0.484 e. The molecule has 1 aliphatic rings. The number of nitrogens with zero attached hydrogens (tertiary/aromatic N) is 1. The van der Waals surface area contributed by atoms with Gasteiger partial charge < -0.3 is 15.0 Å². The van der Waals surface area contributed by atoms with E-state index in [1.807, 2.05) is 36.4 Å². The van der Waals surface area contributed by atoms with Crippen LogP contribution in [0.3, 0.4) is 0 Å². The van der Waals surface area contributed by atoms with Gasteiger partial charge in [-0.15, -0.1) is 0 Å². The second-order valence-electron chi connectivity index (χ2n) is 6.72. The number of carbonyl (C=O) groups excluding carboxylic acids is 1. The van der Waals surface area contributed by atoms with Gasteiger partial charge in [-0.3, -0.25) is 4.79 Å². The molecule has 1 unspecified atom stereocenters. The average Bonchev–Trinajstić information content (AvgIpc) is 3.07. The molecule has 0 spiro atoms. The van der Waals surface area contributed by atoms with Crippen molar-refractivity contribution in [3.8, 4) is 5.75 Å². The maximum atomic E-state index is 12.0. The summed E-state index contributed by atoms with van der Waals surface area (Å²) in [4.78, 5) is 14.4. The van der Waals surface area contributed by atoms with E-state index in [4.69, 9.17) is 4.74 Å². The van der Waals surface area contributed by atoms with Crippen molar-refractivity contribution in [2.45, 2.75) is 26.7 Å². The summed E-state index contributed by atoms with van der Waals surface area (Å²) in [5.41, 5.74) is 3.27. The Bertz CT molecular complexity index is 695. The van der Waals surface area contributed by atoms with E-state index in [-0.39, 0.29) is 12.5 Å². The van der Waals surface area contributed by atoms with Crippen molar-refractivity contribution in [3.63, 3.8) is 0 Å². The first-order valence-corrected chi connectivity index (χ1v) is 9.00. The number of benzene rings is 2. The van der Waals surface area contributed by atoms with E-state index >= 15 is 0 Å². The standard InChI is InChI=1S/C21H26N2O2/c1-3-17-4-10-20(11-5-17)25-15-21(24)22-18-6-8-19(9-7-18)23-13-12-16(2)14-23/h4-11,16H,3,12-15H2,1-2H3,(H,22,24). The van der Waals surface area contributed by atoms with Gasteiger partial charge in [0.2, 0.25) is 0 Å². The van der Waals surface area contributed by atoms with Crippen LogP contribution in [0.1, 0.15) is 25.8 Å². The lowest BCUT2D eigenvalue weighted by molar-refractivity contribution is -0.118. The topological polar surface area (TPSA) is 41.6 Å². The zero-order valence-electron chi connectivity index (χ0n) is 15.0. The van der Waals surface area contributed by atoms with Crippen LogP contribution in [0.5, 0.6) is 5.75 Å². The lowest BCUT2D eigenvalue weighted by Crippen LogP contribution is -2.21. The summed E-state index contributed by atoms with van der Waals surface area (Å²) in [6, 6.07) is 15.9. The Hall–Kier alpha value is -2.49. The fourth-order valence-corrected chi connectivity index (χ4v) is 3.09. The largest absolute Gasteiger partial charge is 0.484 e. The van der Waals surface area contributed by atoms with Gasteiger partial charge >= 0.3 is 0 Å². The van der Waals surface area contributed by atoms with Crippen LogP contribution < -0.4 is 15.0 Å². The van der Waals surface area contributed by atoms with Gasteiger partial charge in [0.1, 0.15) is 5.75 Å². The van der Waals surface area contributed by atoms with E-state index in [2.05, 4.69) is 36.2 Å². The first-order chi connectivity index (χ1) is 12.1. The first kappa shape index (κ1) is 17.3.